The molecule has 0 aromatic heterocycles. The second-order valence-electron chi connectivity index (χ2n) is 8.11. The molecule has 1 aromatic carbocycles. The summed E-state index contributed by atoms with van der Waals surface area (Å²) in [4.78, 5) is 15.6. The van der Waals surface area contributed by atoms with Crippen LogP contribution in [-0.4, -0.2) is 29.9 Å². The van der Waals surface area contributed by atoms with Crippen molar-refractivity contribution >= 4 is 18.3 Å². The van der Waals surface area contributed by atoms with Crippen molar-refractivity contribution in [2.75, 3.05) is 13.1 Å². The van der Waals surface area contributed by atoms with Gasteiger partial charge in [0.25, 0.3) is 0 Å². The zero-order valence-corrected chi connectivity index (χ0v) is 15.9. The number of piperidine rings is 1. The minimum atomic E-state index is 0. The monoisotopic (exact) mass is 362 g/mol. The van der Waals surface area contributed by atoms with E-state index >= 15 is 0 Å². The van der Waals surface area contributed by atoms with Crippen LogP contribution >= 0.6 is 12.4 Å². The fraction of sp³-hybridized carbons (Fsp3) is 0.667. The normalized spacial score (nSPS) is 25.2. The highest BCUT2D eigenvalue weighted by Crippen LogP contribution is 2.59. The molecule has 1 spiro atoms. The molecule has 25 heavy (non-hydrogen) atoms. The number of benzene rings is 1. The first-order chi connectivity index (χ1) is 11.8. The van der Waals surface area contributed by atoms with Gasteiger partial charge in [-0.25, -0.2) is 0 Å². The predicted molar refractivity (Wildman–Crippen MR) is 104 cm³/mol. The number of carbonyl (C=O) groups excluding carboxylic acids is 1. The van der Waals surface area contributed by atoms with Crippen LogP contribution in [0.3, 0.4) is 0 Å². The van der Waals surface area contributed by atoms with Gasteiger partial charge in [0.2, 0.25) is 5.91 Å². The van der Waals surface area contributed by atoms with Crippen molar-refractivity contribution < 1.29 is 4.79 Å². The molecule has 138 valence electrons. The summed E-state index contributed by atoms with van der Waals surface area (Å²) >= 11 is 0. The van der Waals surface area contributed by atoms with Crippen molar-refractivity contribution in [3.8, 4) is 0 Å². The number of halogens is 1. The Balaban J connectivity index is 0.00000182. The average Bonchev–Trinajstić information content (AvgIpc) is 3.34. The molecular weight excluding hydrogens is 332 g/mol. The number of nitrogens with one attached hydrogen (secondary N) is 1. The molecule has 4 rings (SSSR count). The van der Waals surface area contributed by atoms with E-state index in [2.05, 4.69) is 40.5 Å². The molecule has 1 heterocycles. The van der Waals surface area contributed by atoms with Crippen LogP contribution in [-0.2, 0) is 11.3 Å². The highest BCUT2D eigenvalue weighted by Gasteiger charge is 2.58. The van der Waals surface area contributed by atoms with Gasteiger partial charge < -0.3 is 10.2 Å². The van der Waals surface area contributed by atoms with Gasteiger partial charge in [0.1, 0.15) is 0 Å². The lowest BCUT2D eigenvalue weighted by atomic mass is 9.90. The Morgan fingerprint density at radius 3 is 2.44 bits per heavy atom. The molecule has 2 aliphatic carbocycles. The lowest BCUT2D eigenvalue weighted by Gasteiger charge is -2.36. The number of hydrogen-bond donors (Lipinski definition) is 1. The van der Waals surface area contributed by atoms with E-state index in [4.69, 9.17) is 0 Å². The van der Waals surface area contributed by atoms with Crippen molar-refractivity contribution in [3.05, 3.63) is 35.9 Å². The van der Waals surface area contributed by atoms with E-state index < -0.39 is 0 Å². The second-order valence-corrected chi connectivity index (χ2v) is 8.11. The summed E-state index contributed by atoms with van der Waals surface area (Å²) in [6.07, 6.45) is 9.79. The van der Waals surface area contributed by atoms with Crippen molar-refractivity contribution in [2.45, 2.75) is 64.0 Å². The first-order valence-corrected chi connectivity index (χ1v) is 9.84. The first-order valence-electron chi connectivity index (χ1n) is 9.84. The first kappa shape index (κ1) is 18.7. The van der Waals surface area contributed by atoms with E-state index in [-0.39, 0.29) is 12.4 Å². The SMILES string of the molecule is Cl.O=C(C1CC12CCNCC2)N(Cc1ccccc1)C1CCCCC1. The van der Waals surface area contributed by atoms with Gasteiger partial charge in [0.15, 0.2) is 0 Å². The van der Waals surface area contributed by atoms with E-state index in [0.29, 0.717) is 23.3 Å². The molecule has 0 radical (unpaired) electrons. The van der Waals surface area contributed by atoms with Crippen LogP contribution in [0, 0.1) is 11.3 Å². The Morgan fingerprint density at radius 2 is 1.76 bits per heavy atom. The van der Waals surface area contributed by atoms with Crippen LogP contribution in [0.2, 0.25) is 0 Å². The summed E-state index contributed by atoms with van der Waals surface area (Å²) in [7, 11) is 0. The summed E-state index contributed by atoms with van der Waals surface area (Å²) in [6, 6.07) is 11.0. The Bertz CT molecular complexity index is 565. The van der Waals surface area contributed by atoms with E-state index in [1.54, 1.807) is 0 Å². The second kappa shape index (κ2) is 8.09. The highest BCUT2D eigenvalue weighted by molar-refractivity contribution is 5.85. The van der Waals surface area contributed by atoms with E-state index in [9.17, 15) is 4.79 Å². The van der Waals surface area contributed by atoms with Gasteiger partial charge in [-0.2, -0.15) is 0 Å². The summed E-state index contributed by atoms with van der Waals surface area (Å²) in [6.45, 7) is 2.98. The molecule has 1 aliphatic heterocycles. The zero-order valence-electron chi connectivity index (χ0n) is 15.1. The Hall–Kier alpha value is -1.06. The van der Waals surface area contributed by atoms with Crippen molar-refractivity contribution in [1.29, 1.82) is 0 Å². The minimum Gasteiger partial charge on any atom is -0.335 e. The molecule has 3 nitrogen and oxygen atoms in total. The van der Waals surface area contributed by atoms with Gasteiger partial charge in [-0.1, -0.05) is 49.6 Å². The van der Waals surface area contributed by atoms with Crippen LogP contribution in [0.15, 0.2) is 30.3 Å². The highest BCUT2D eigenvalue weighted by atomic mass is 35.5. The van der Waals surface area contributed by atoms with Gasteiger partial charge in [0, 0.05) is 18.5 Å². The molecular formula is C21H31ClN2O. The number of nitrogens with zero attached hydrogens (tertiary/aromatic N) is 1. The molecule has 3 aliphatic rings. The van der Waals surface area contributed by atoms with Gasteiger partial charge in [-0.05, 0) is 56.2 Å². The zero-order chi connectivity index (χ0) is 16.4. The number of carbonyl (C=O) groups is 1. The van der Waals surface area contributed by atoms with E-state index in [1.165, 1.54) is 50.5 Å². The van der Waals surface area contributed by atoms with Crippen molar-refractivity contribution in [2.24, 2.45) is 11.3 Å². The van der Waals surface area contributed by atoms with Crippen LogP contribution in [0.1, 0.15) is 56.9 Å². The predicted octanol–water partition coefficient (Wildman–Crippen LogP) is 4.16. The third-order valence-corrected chi connectivity index (χ3v) is 6.58. The fourth-order valence-corrected chi connectivity index (χ4v) is 4.93. The molecule has 1 aromatic rings. The van der Waals surface area contributed by atoms with Gasteiger partial charge in [-0.3, -0.25) is 4.79 Å². The molecule has 1 N–H and O–H groups in total. The van der Waals surface area contributed by atoms with Crippen LogP contribution in [0.4, 0.5) is 0 Å². The molecule has 1 unspecified atom stereocenters. The molecule has 4 heteroatoms. The maximum absolute atomic E-state index is 13.4. The van der Waals surface area contributed by atoms with Crippen molar-refractivity contribution in [1.82, 2.24) is 10.2 Å². The molecule has 1 saturated heterocycles. The quantitative estimate of drug-likeness (QED) is 0.872. The number of rotatable bonds is 4. The molecule has 1 amide bonds. The summed E-state index contributed by atoms with van der Waals surface area (Å²) < 4.78 is 0. The largest absolute Gasteiger partial charge is 0.335 e. The third-order valence-electron chi connectivity index (χ3n) is 6.58. The lowest BCUT2D eigenvalue weighted by Crippen LogP contribution is -2.43. The van der Waals surface area contributed by atoms with Gasteiger partial charge >= 0.3 is 0 Å². The van der Waals surface area contributed by atoms with Gasteiger partial charge in [-0.15, -0.1) is 12.4 Å². The maximum Gasteiger partial charge on any atom is 0.226 e. The number of amides is 1. The molecule has 3 fully saturated rings. The standard InChI is InChI=1S/C21H30N2O.ClH/c24-20(19-15-21(19)11-13-22-14-12-21)23(18-9-5-2-6-10-18)16-17-7-3-1-4-8-17;/h1,3-4,7-8,18-19,22H,2,5-6,9-16H2;1H. The lowest BCUT2D eigenvalue weighted by molar-refractivity contribution is -0.137. The Morgan fingerprint density at radius 1 is 1.08 bits per heavy atom. The molecule has 0 bridgehead atoms. The summed E-state index contributed by atoms with van der Waals surface area (Å²) in [5, 5.41) is 3.45. The Labute approximate surface area is 158 Å². The molecule has 1 atom stereocenters. The van der Waals surface area contributed by atoms with Crippen LogP contribution < -0.4 is 5.32 Å². The van der Waals surface area contributed by atoms with E-state index in [1.807, 2.05) is 0 Å². The maximum atomic E-state index is 13.4. The van der Waals surface area contributed by atoms with Crippen LogP contribution in [0.5, 0.6) is 0 Å². The third kappa shape index (κ3) is 4.03. The summed E-state index contributed by atoms with van der Waals surface area (Å²) in [5.41, 5.74) is 1.61. The van der Waals surface area contributed by atoms with Crippen LogP contribution in [0.25, 0.3) is 0 Å². The molecule has 2 saturated carbocycles. The van der Waals surface area contributed by atoms with Crippen molar-refractivity contribution in [3.63, 3.8) is 0 Å². The average molecular weight is 363 g/mol. The Kier molecular flexibility index (Phi) is 6.06. The van der Waals surface area contributed by atoms with Gasteiger partial charge in [0.05, 0.1) is 0 Å². The smallest absolute Gasteiger partial charge is 0.226 e. The van der Waals surface area contributed by atoms with E-state index in [0.717, 1.165) is 26.1 Å². The topological polar surface area (TPSA) is 32.3 Å². The summed E-state index contributed by atoms with van der Waals surface area (Å²) in [5.74, 6) is 0.748. The number of hydrogen-bond acceptors (Lipinski definition) is 2. The minimum absolute atomic E-state index is 0. The fourth-order valence-electron chi connectivity index (χ4n) is 4.93.